The number of benzene rings is 3. The van der Waals surface area contributed by atoms with Crippen LogP contribution in [0.15, 0.2) is 78.9 Å². The summed E-state index contributed by atoms with van der Waals surface area (Å²) in [7, 11) is 0. The second kappa shape index (κ2) is 14.4. The van der Waals surface area contributed by atoms with Crippen molar-refractivity contribution in [2.75, 3.05) is 5.32 Å². The molecular formula is C26H29N5O6. The Bertz CT molecular complexity index is 1210. The summed E-state index contributed by atoms with van der Waals surface area (Å²) < 4.78 is 0. The summed E-state index contributed by atoms with van der Waals surface area (Å²) in [6.07, 6.45) is 0. The summed E-state index contributed by atoms with van der Waals surface area (Å²) >= 11 is 0. The first-order chi connectivity index (χ1) is 17.2. The van der Waals surface area contributed by atoms with E-state index in [2.05, 4.69) is 10.6 Å². The molecule has 194 valence electrons. The monoisotopic (exact) mass is 507 g/mol. The summed E-state index contributed by atoms with van der Waals surface area (Å²) in [6.45, 7) is 1.49. The Morgan fingerprint density at radius 1 is 0.973 bits per heavy atom. The van der Waals surface area contributed by atoms with Gasteiger partial charge in [0.25, 0.3) is 12.2 Å². The third-order valence-electron chi connectivity index (χ3n) is 5.08. The van der Waals surface area contributed by atoms with Gasteiger partial charge in [0.05, 0.1) is 11.0 Å². The van der Waals surface area contributed by atoms with Gasteiger partial charge < -0.3 is 21.5 Å². The number of nitrogens with zero attached hydrogens (tertiary/aromatic N) is 1. The van der Waals surface area contributed by atoms with Crippen LogP contribution in [0.5, 0.6) is 0 Å². The molecule has 11 nitrogen and oxygen atoms in total. The van der Waals surface area contributed by atoms with Crippen LogP contribution >= 0.6 is 0 Å². The topological polar surface area (TPSA) is 189 Å². The number of carbonyl (C=O) groups is 3. The summed E-state index contributed by atoms with van der Waals surface area (Å²) in [4.78, 5) is 45.0. The molecule has 2 atom stereocenters. The van der Waals surface area contributed by atoms with Gasteiger partial charge in [0.15, 0.2) is 0 Å². The van der Waals surface area contributed by atoms with Crippen LogP contribution in [-0.2, 0) is 14.4 Å². The average Bonchev–Trinajstić information content (AvgIpc) is 2.85. The Morgan fingerprint density at radius 3 is 2.00 bits per heavy atom. The van der Waals surface area contributed by atoms with E-state index in [1.54, 1.807) is 73.7 Å². The Kier molecular flexibility index (Phi) is 11.6. The normalized spacial score (nSPS) is 11.3. The first kappa shape index (κ1) is 30.0. The molecule has 0 saturated heterocycles. The Hall–Kier alpha value is -5.06. The van der Waals surface area contributed by atoms with Crippen LogP contribution in [0, 0.1) is 15.5 Å². The molecule has 0 saturated carbocycles. The molecule has 2 amide bonds. The summed E-state index contributed by atoms with van der Waals surface area (Å²) in [6, 6.07) is 20.5. The summed E-state index contributed by atoms with van der Waals surface area (Å²) in [5.41, 5.74) is 7.57. The smallest absolute Gasteiger partial charge is 0.290 e. The first-order valence-corrected chi connectivity index (χ1v) is 10.6. The zero-order chi connectivity index (χ0) is 26.7. The Labute approximate surface area is 214 Å². The molecule has 0 aliphatic heterocycles. The van der Waals surface area contributed by atoms with Gasteiger partial charge in [0.1, 0.15) is 11.8 Å². The minimum absolute atomic E-state index is 0. The lowest BCUT2D eigenvalue weighted by Gasteiger charge is -2.21. The molecule has 0 fully saturated rings. The van der Waals surface area contributed by atoms with E-state index in [1.807, 2.05) is 0 Å². The van der Waals surface area contributed by atoms with Gasteiger partial charge in [0.2, 0.25) is 11.8 Å². The number of nitro benzene ring substituents is 1. The zero-order valence-electron chi connectivity index (χ0n) is 19.3. The van der Waals surface area contributed by atoms with Gasteiger partial charge in [-0.2, -0.15) is 0 Å². The molecule has 0 aliphatic carbocycles. The van der Waals surface area contributed by atoms with E-state index in [0.717, 1.165) is 0 Å². The van der Waals surface area contributed by atoms with E-state index >= 15 is 0 Å². The molecule has 0 aromatic heterocycles. The number of hydrogen-bond donors (Lipinski definition) is 5. The molecule has 3 rings (SSSR count). The van der Waals surface area contributed by atoms with Gasteiger partial charge in [-0.1, -0.05) is 49.9 Å². The number of carbonyl (C=O) groups excluding carboxylic acids is 2. The molecule has 3 aromatic rings. The van der Waals surface area contributed by atoms with Crippen molar-refractivity contribution in [2.24, 2.45) is 5.73 Å². The van der Waals surface area contributed by atoms with Crippen molar-refractivity contribution in [3.05, 3.63) is 106 Å². The lowest BCUT2D eigenvalue weighted by molar-refractivity contribution is -0.384. The van der Waals surface area contributed by atoms with Crippen molar-refractivity contribution in [3.63, 3.8) is 0 Å². The van der Waals surface area contributed by atoms with Crippen LogP contribution < -0.4 is 16.4 Å². The van der Waals surface area contributed by atoms with Crippen molar-refractivity contribution in [3.8, 4) is 0 Å². The number of nitrogens with two attached hydrogens (primary N) is 1. The number of amides is 2. The molecule has 0 radical (unpaired) electrons. The molecule has 37 heavy (non-hydrogen) atoms. The van der Waals surface area contributed by atoms with E-state index in [-0.39, 0.29) is 25.4 Å². The van der Waals surface area contributed by atoms with Gasteiger partial charge in [0, 0.05) is 23.4 Å². The van der Waals surface area contributed by atoms with Crippen LogP contribution in [0.3, 0.4) is 0 Å². The van der Waals surface area contributed by atoms with Crippen LogP contribution in [0.1, 0.15) is 43.0 Å². The van der Waals surface area contributed by atoms with Crippen LogP contribution in [-0.4, -0.2) is 34.2 Å². The van der Waals surface area contributed by atoms with Gasteiger partial charge >= 0.3 is 0 Å². The predicted molar refractivity (Wildman–Crippen MR) is 140 cm³/mol. The molecule has 6 N–H and O–H groups in total. The second-order valence-corrected chi connectivity index (χ2v) is 7.51. The van der Waals surface area contributed by atoms with Gasteiger partial charge in [-0.15, -0.1) is 0 Å². The van der Waals surface area contributed by atoms with Gasteiger partial charge in [-0.3, -0.25) is 29.9 Å². The SMILES string of the molecule is C.C[C@@H](NC(=O)C(C(=O)Nc1ccc(C(=N)N)cc1)c1ccccc1)c1ccc([N+](=O)[O-])cc1.O=CO. The van der Waals surface area contributed by atoms with E-state index < -0.39 is 28.7 Å². The van der Waals surface area contributed by atoms with Gasteiger partial charge in [-0.05, 0) is 42.3 Å². The lowest BCUT2D eigenvalue weighted by Crippen LogP contribution is -2.37. The van der Waals surface area contributed by atoms with E-state index in [0.29, 0.717) is 22.4 Å². The highest BCUT2D eigenvalue weighted by atomic mass is 16.6. The van der Waals surface area contributed by atoms with E-state index in [9.17, 15) is 19.7 Å². The third-order valence-corrected chi connectivity index (χ3v) is 5.08. The quantitative estimate of drug-likeness (QED) is 0.0764. The molecule has 0 bridgehead atoms. The number of hydrogen-bond acceptors (Lipinski definition) is 6. The highest BCUT2D eigenvalue weighted by Gasteiger charge is 2.29. The highest BCUT2D eigenvalue weighted by Crippen LogP contribution is 2.22. The number of non-ortho nitro benzene ring substituents is 1. The molecule has 0 spiro atoms. The maximum atomic E-state index is 13.2. The number of amidine groups is 1. The zero-order valence-corrected chi connectivity index (χ0v) is 19.3. The van der Waals surface area contributed by atoms with Crippen molar-refractivity contribution < 1.29 is 24.4 Å². The van der Waals surface area contributed by atoms with Crippen LogP contribution in [0.4, 0.5) is 11.4 Å². The standard InChI is InChI=1S/C24H23N5O4.CH2O2.CH4/c1-15(16-9-13-20(14-10-16)29(32)33)27-23(30)21(17-5-3-2-4-6-17)24(31)28-19-11-7-18(8-12-19)22(25)26;2-1-3;/h2-15,21H,1H3,(H3,25,26)(H,27,30)(H,28,31);1H,(H,2,3);1H4/t15-,21?;;/m1../s1. The van der Waals surface area contributed by atoms with Gasteiger partial charge in [-0.25, -0.2) is 0 Å². The van der Waals surface area contributed by atoms with Crippen LogP contribution in [0.25, 0.3) is 0 Å². The summed E-state index contributed by atoms with van der Waals surface area (Å²) in [5, 5.41) is 30.8. The molecule has 1 unspecified atom stereocenters. The largest absolute Gasteiger partial charge is 0.483 e. The maximum absolute atomic E-state index is 13.2. The number of rotatable bonds is 8. The molecule has 0 heterocycles. The highest BCUT2D eigenvalue weighted by molar-refractivity contribution is 6.11. The fourth-order valence-corrected chi connectivity index (χ4v) is 3.28. The number of anilines is 1. The minimum atomic E-state index is -1.13. The molecule has 0 aliphatic rings. The number of nitro groups is 1. The van der Waals surface area contributed by atoms with Crippen LogP contribution in [0.2, 0.25) is 0 Å². The molecule has 11 heteroatoms. The maximum Gasteiger partial charge on any atom is 0.290 e. The van der Waals surface area contributed by atoms with Crippen molar-refractivity contribution in [2.45, 2.75) is 26.3 Å². The second-order valence-electron chi connectivity index (χ2n) is 7.51. The minimum Gasteiger partial charge on any atom is -0.483 e. The predicted octanol–water partition coefficient (Wildman–Crippen LogP) is 3.82. The van der Waals surface area contributed by atoms with Crippen molar-refractivity contribution >= 4 is 35.5 Å². The van der Waals surface area contributed by atoms with E-state index in [4.69, 9.17) is 21.0 Å². The fourth-order valence-electron chi connectivity index (χ4n) is 3.28. The summed E-state index contributed by atoms with van der Waals surface area (Å²) in [5.74, 6) is -2.25. The van der Waals surface area contributed by atoms with Crippen molar-refractivity contribution in [1.82, 2.24) is 5.32 Å². The lowest BCUT2D eigenvalue weighted by atomic mass is 9.96. The third kappa shape index (κ3) is 8.58. The molecular weight excluding hydrogens is 478 g/mol. The Balaban J connectivity index is 0.00000163. The van der Waals surface area contributed by atoms with Crippen molar-refractivity contribution in [1.29, 1.82) is 5.41 Å². The van der Waals surface area contributed by atoms with E-state index in [1.165, 1.54) is 12.1 Å². The Morgan fingerprint density at radius 2 is 1.51 bits per heavy atom. The number of nitrogen functional groups attached to an aromatic ring is 1. The fraction of sp³-hybridized carbons (Fsp3) is 0.154. The number of nitrogens with one attached hydrogen (secondary N) is 3. The first-order valence-electron chi connectivity index (χ1n) is 10.6. The average molecular weight is 508 g/mol. The number of carboxylic acid groups (broad SMARTS) is 1. The molecule has 3 aromatic carbocycles.